The van der Waals surface area contributed by atoms with Crippen LogP contribution in [0.25, 0.3) is 22.2 Å². The highest BCUT2D eigenvalue weighted by Crippen LogP contribution is 2.31. The molecule has 0 radical (unpaired) electrons. The first-order valence-corrected chi connectivity index (χ1v) is 9.17. The second-order valence-electron chi connectivity index (χ2n) is 6.67. The molecule has 4 rings (SSSR count). The quantitative estimate of drug-likeness (QED) is 0.721. The van der Waals surface area contributed by atoms with Crippen molar-refractivity contribution >= 4 is 16.7 Å². The maximum atomic E-state index is 5.94. The Bertz CT molecular complexity index is 905. The molecule has 1 aliphatic heterocycles. The molecule has 1 aliphatic rings. The third-order valence-corrected chi connectivity index (χ3v) is 4.63. The van der Waals surface area contributed by atoms with Gasteiger partial charge in [-0.15, -0.1) is 0 Å². The molecule has 1 saturated heterocycles. The minimum atomic E-state index is -0.0170. The van der Waals surface area contributed by atoms with E-state index in [1.165, 1.54) is 0 Å². The Morgan fingerprint density at radius 3 is 2.89 bits per heavy atom. The lowest BCUT2D eigenvalue weighted by molar-refractivity contribution is 0.0922. The zero-order valence-electron chi connectivity index (χ0n) is 15.6. The Morgan fingerprint density at radius 1 is 1.22 bits per heavy atom. The number of aromatic nitrogens is 3. The summed E-state index contributed by atoms with van der Waals surface area (Å²) in [6.07, 6.45) is 1.82. The topological polar surface area (TPSA) is 72.5 Å². The van der Waals surface area contributed by atoms with E-state index in [-0.39, 0.29) is 6.10 Å². The normalized spacial score (nSPS) is 15.9. The molecule has 0 aliphatic carbocycles. The van der Waals surface area contributed by atoms with Crippen molar-refractivity contribution in [2.24, 2.45) is 0 Å². The molecular formula is C20H24N4O3. The number of nitrogens with one attached hydrogen (secondary N) is 1. The molecular weight excluding hydrogens is 344 g/mol. The van der Waals surface area contributed by atoms with Crippen molar-refractivity contribution < 1.29 is 14.2 Å². The number of aromatic amines is 1. The molecule has 27 heavy (non-hydrogen) atoms. The van der Waals surface area contributed by atoms with Gasteiger partial charge in [0, 0.05) is 37.3 Å². The second kappa shape index (κ2) is 7.94. The molecule has 142 valence electrons. The van der Waals surface area contributed by atoms with E-state index in [4.69, 9.17) is 14.2 Å². The summed E-state index contributed by atoms with van der Waals surface area (Å²) >= 11 is 0. The van der Waals surface area contributed by atoms with Gasteiger partial charge in [-0.05, 0) is 37.3 Å². The Kier molecular flexibility index (Phi) is 5.22. The zero-order chi connectivity index (χ0) is 18.6. The van der Waals surface area contributed by atoms with Gasteiger partial charge in [0.25, 0.3) is 0 Å². The molecule has 0 saturated carbocycles. The number of pyridine rings is 1. The van der Waals surface area contributed by atoms with Gasteiger partial charge in [0.2, 0.25) is 0 Å². The van der Waals surface area contributed by atoms with Crippen molar-refractivity contribution in [2.75, 3.05) is 44.9 Å². The first-order chi connectivity index (χ1) is 13.2. The van der Waals surface area contributed by atoms with Gasteiger partial charge in [-0.3, -0.25) is 5.10 Å². The number of anilines is 1. The van der Waals surface area contributed by atoms with Crippen LogP contribution in [0.1, 0.15) is 6.92 Å². The molecule has 7 heteroatoms. The van der Waals surface area contributed by atoms with E-state index in [9.17, 15) is 0 Å². The van der Waals surface area contributed by atoms with Crippen LogP contribution in [0.2, 0.25) is 0 Å². The van der Waals surface area contributed by atoms with Crippen molar-refractivity contribution in [2.45, 2.75) is 13.0 Å². The Balaban J connectivity index is 1.65. The van der Waals surface area contributed by atoms with Gasteiger partial charge < -0.3 is 19.1 Å². The van der Waals surface area contributed by atoms with Gasteiger partial charge in [-0.25, -0.2) is 4.98 Å². The Hall–Kier alpha value is -2.64. The molecule has 2 aromatic heterocycles. The molecule has 1 fully saturated rings. The predicted octanol–water partition coefficient (Wildman–Crippen LogP) is 2.88. The molecule has 0 amide bonds. The number of rotatable bonds is 6. The average molecular weight is 368 g/mol. The number of H-pyrrole nitrogens is 1. The molecule has 1 aromatic carbocycles. The highest BCUT2D eigenvalue weighted by atomic mass is 16.5. The average Bonchev–Trinajstić information content (AvgIpc) is 3.12. The Morgan fingerprint density at radius 2 is 2.07 bits per heavy atom. The molecule has 1 unspecified atom stereocenters. The van der Waals surface area contributed by atoms with E-state index >= 15 is 0 Å². The Labute approximate surface area is 158 Å². The molecule has 1 atom stereocenters. The highest BCUT2D eigenvalue weighted by molar-refractivity contribution is 5.94. The summed E-state index contributed by atoms with van der Waals surface area (Å²) in [5.74, 6) is 1.75. The second-order valence-corrected chi connectivity index (χ2v) is 6.67. The monoisotopic (exact) mass is 368 g/mol. The van der Waals surface area contributed by atoms with Crippen molar-refractivity contribution in [3.8, 4) is 17.0 Å². The first kappa shape index (κ1) is 17.8. The number of benzene rings is 1. The summed E-state index contributed by atoms with van der Waals surface area (Å²) in [7, 11) is 1.67. The van der Waals surface area contributed by atoms with Crippen LogP contribution in [0, 0.1) is 0 Å². The van der Waals surface area contributed by atoms with E-state index < -0.39 is 0 Å². The molecule has 3 heterocycles. The van der Waals surface area contributed by atoms with Gasteiger partial charge in [-0.1, -0.05) is 0 Å². The lowest BCUT2D eigenvalue weighted by Crippen LogP contribution is -2.36. The largest absolute Gasteiger partial charge is 0.488 e. The van der Waals surface area contributed by atoms with Gasteiger partial charge in [0.1, 0.15) is 23.4 Å². The van der Waals surface area contributed by atoms with Crippen molar-refractivity contribution in [3.63, 3.8) is 0 Å². The summed E-state index contributed by atoms with van der Waals surface area (Å²) < 4.78 is 16.5. The predicted molar refractivity (Wildman–Crippen MR) is 104 cm³/mol. The zero-order valence-corrected chi connectivity index (χ0v) is 15.6. The number of ether oxygens (including phenoxy) is 3. The van der Waals surface area contributed by atoms with Crippen LogP contribution in [0.5, 0.6) is 5.75 Å². The fourth-order valence-corrected chi connectivity index (χ4v) is 3.32. The van der Waals surface area contributed by atoms with Crippen LogP contribution in [0.15, 0.2) is 36.5 Å². The number of fused-ring (bicyclic) bond motifs is 1. The van der Waals surface area contributed by atoms with Crippen LogP contribution >= 0.6 is 0 Å². The lowest BCUT2D eigenvalue weighted by Gasteiger charge is -2.27. The van der Waals surface area contributed by atoms with E-state index in [1.807, 2.05) is 37.4 Å². The maximum Gasteiger partial charge on any atom is 0.129 e. The molecule has 0 bridgehead atoms. The van der Waals surface area contributed by atoms with Crippen LogP contribution < -0.4 is 9.64 Å². The lowest BCUT2D eigenvalue weighted by atomic mass is 10.1. The van der Waals surface area contributed by atoms with Gasteiger partial charge in [0.15, 0.2) is 0 Å². The van der Waals surface area contributed by atoms with E-state index in [2.05, 4.69) is 26.1 Å². The summed E-state index contributed by atoms with van der Waals surface area (Å²) in [6, 6.07) is 10.0. The SMILES string of the molecule is COCC(C)Oc1ccc2[nH]nc(-c3ccnc(N4CCOCC4)c3)c2c1. The standard InChI is InChI=1S/C20H24N4O3/c1-14(13-25-2)27-16-3-4-18-17(12-16)20(23-22-18)15-5-6-21-19(11-15)24-7-9-26-10-8-24/h3-6,11-12,14H,7-10,13H2,1-2H3,(H,22,23). The third kappa shape index (κ3) is 3.89. The van der Waals surface area contributed by atoms with E-state index in [1.54, 1.807) is 7.11 Å². The number of hydrogen-bond acceptors (Lipinski definition) is 6. The number of methoxy groups -OCH3 is 1. The van der Waals surface area contributed by atoms with Crippen LogP contribution in [0.4, 0.5) is 5.82 Å². The van der Waals surface area contributed by atoms with E-state index in [0.29, 0.717) is 6.61 Å². The number of morpholine rings is 1. The summed E-state index contributed by atoms with van der Waals surface area (Å²) in [6.45, 7) is 5.71. The number of hydrogen-bond donors (Lipinski definition) is 1. The third-order valence-electron chi connectivity index (χ3n) is 4.63. The minimum absolute atomic E-state index is 0.0170. The fraction of sp³-hybridized carbons (Fsp3) is 0.400. The highest BCUT2D eigenvalue weighted by Gasteiger charge is 2.15. The fourth-order valence-electron chi connectivity index (χ4n) is 3.32. The van der Waals surface area contributed by atoms with Crippen molar-refractivity contribution in [1.29, 1.82) is 0 Å². The summed E-state index contributed by atoms with van der Waals surface area (Å²) in [5, 5.41) is 8.66. The van der Waals surface area contributed by atoms with Crippen molar-refractivity contribution in [3.05, 3.63) is 36.5 Å². The summed E-state index contributed by atoms with van der Waals surface area (Å²) in [4.78, 5) is 6.76. The molecule has 0 spiro atoms. The van der Waals surface area contributed by atoms with Gasteiger partial charge in [0.05, 0.1) is 25.3 Å². The van der Waals surface area contributed by atoms with Crippen LogP contribution in [-0.2, 0) is 9.47 Å². The van der Waals surface area contributed by atoms with Crippen LogP contribution in [0.3, 0.4) is 0 Å². The smallest absolute Gasteiger partial charge is 0.129 e. The molecule has 3 aromatic rings. The molecule has 7 nitrogen and oxygen atoms in total. The molecule has 1 N–H and O–H groups in total. The van der Waals surface area contributed by atoms with E-state index in [0.717, 1.165) is 60.0 Å². The van der Waals surface area contributed by atoms with Gasteiger partial charge >= 0.3 is 0 Å². The number of nitrogens with zero attached hydrogens (tertiary/aromatic N) is 3. The minimum Gasteiger partial charge on any atom is -0.488 e. The summed E-state index contributed by atoms with van der Waals surface area (Å²) in [5.41, 5.74) is 2.90. The first-order valence-electron chi connectivity index (χ1n) is 9.17. The van der Waals surface area contributed by atoms with Gasteiger partial charge in [-0.2, -0.15) is 5.10 Å². The maximum absolute atomic E-state index is 5.94. The van der Waals surface area contributed by atoms with Crippen molar-refractivity contribution in [1.82, 2.24) is 15.2 Å². The van der Waals surface area contributed by atoms with Crippen LogP contribution in [-0.4, -0.2) is 61.3 Å².